The first kappa shape index (κ1) is 15.2. The Morgan fingerprint density at radius 2 is 1.74 bits per heavy atom. The average molecular weight is 307 g/mol. The average Bonchev–Trinajstić information content (AvgIpc) is 2.55. The third-order valence-electron chi connectivity index (χ3n) is 3.73. The number of hydrogen-bond acceptors (Lipinski definition) is 4. The summed E-state index contributed by atoms with van der Waals surface area (Å²) in [4.78, 5) is 16.6. The molecule has 1 N–H and O–H groups in total. The normalized spacial score (nSPS) is 10.7. The predicted octanol–water partition coefficient (Wildman–Crippen LogP) is 3.48. The third kappa shape index (κ3) is 3.07. The molecule has 2 aromatic heterocycles. The highest BCUT2D eigenvalue weighted by Gasteiger charge is 2.10. The number of pyridine rings is 1. The van der Waals surface area contributed by atoms with Crippen LogP contribution in [0.15, 0.2) is 57.9 Å². The van der Waals surface area contributed by atoms with Gasteiger partial charge < -0.3 is 9.52 Å². The number of benzene rings is 1. The minimum atomic E-state index is -0.0619. The zero-order valence-electron chi connectivity index (χ0n) is 13.0. The molecule has 2 heterocycles. The number of aliphatic hydroxyl groups is 1. The molecule has 3 rings (SSSR count). The van der Waals surface area contributed by atoms with Gasteiger partial charge in [-0.1, -0.05) is 30.3 Å². The molecular formula is C19H17NO3. The molecule has 116 valence electrons. The third-order valence-corrected chi connectivity index (χ3v) is 3.73. The maximum atomic E-state index is 12.2. The largest absolute Gasteiger partial charge is 0.466 e. The number of aliphatic hydroxyl groups excluding tert-OH is 1. The van der Waals surface area contributed by atoms with Crippen molar-refractivity contribution >= 4 is 0 Å². The number of hydrogen-bond donors (Lipinski definition) is 1. The molecule has 0 saturated heterocycles. The van der Waals surface area contributed by atoms with Gasteiger partial charge in [0, 0.05) is 23.4 Å². The highest BCUT2D eigenvalue weighted by atomic mass is 16.3. The lowest BCUT2D eigenvalue weighted by molar-refractivity contribution is 0.282. The van der Waals surface area contributed by atoms with Crippen LogP contribution in [0.4, 0.5) is 0 Å². The lowest BCUT2D eigenvalue weighted by Gasteiger charge is -2.07. The van der Waals surface area contributed by atoms with Crippen molar-refractivity contribution in [1.29, 1.82) is 0 Å². The second-order valence-corrected chi connectivity index (χ2v) is 5.44. The summed E-state index contributed by atoms with van der Waals surface area (Å²) in [6.45, 7) is 3.57. The quantitative estimate of drug-likeness (QED) is 0.804. The second-order valence-electron chi connectivity index (χ2n) is 5.44. The van der Waals surface area contributed by atoms with Crippen molar-refractivity contribution in [2.75, 3.05) is 0 Å². The van der Waals surface area contributed by atoms with Gasteiger partial charge in [0.1, 0.15) is 11.5 Å². The molecule has 3 aromatic rings. The molecule has 0 unspecified atom stereocenters. The number of aryl methyl sites for hydroxylation is 2. The van der Waals surface area contributed by atoms with Gasteiger partial charge in [-0.25, -0.2) is 0 Å². The molecule has 0 amide bonds. The van der Waals surface area contributed by atoms with E-state index in [-0.39, 0.29) is 12.0 Å². The molecule has 23 heavy (non-hydrogen) atoms. The van der Waals surface area contributed by atoms with Gasteiger partial charge in [-0.15, -0.1) is 0 Å². The maximum absolute atomic E-state index is 12.2. The monoisotopic (exact) mass is 307 g/mol. The highest BCUT2D eigenvalue weighted by molar-refractivity contribution is 5.67. The maximum Gasteiger partial charge on any atom is 0.193 e. The van der Waals surface area contributed by atoms with E-state index in [1.807, 2.05) is 36.4 Å². The van der Waals surface area contributed by atoms with Crippen molar-refractivity contribution in [3.63, 3.8) is 0 Å². The minimum absolute atomic E-state index is 0.0229. The Morgan fingerprint density at radius 1 is 1.04 bits per heavy atom. The van der Waals surface area contributed by atoms with Crippen molar-refractivity contribution in [2.45, 2.75) is 20.5 Å². The molecule has 4 nitrogen and oxygen atoms in total. The molecule has 0 spiro atoms. The summed E-state index contributed by atoms with van der Waals surface area (Å²) >= 11 is 0. The Balaban J connectivity index is 1.98. The minimum Gasteiger partial charge on any atom is -0.466 e. The van der Waals surface area contributed by atoms with Crippen LogP contribution in [0.1, 0.15) is 17.1 Å². The molecule has 0 saturated carbocycles. The van der Waals surface area contributed by atoms with Crippen LogP contribution >= 0.6 is 0 Å². The van der Waals surface area contributed by atoms with Crippen LogP contribution in [0.25, 0.3) is 22.4 Å². The highest BCUT2D eigenvalue weighted by Crippen LogP contribution is 2.23. The summed E-state index contributed by atoms with van der Waals surface area (Å²) in [6.07, 6.45) is 1.68. The van der Waals surface area contributed by atoms with Crippen LogP contribution < -0.4 is 5.43 Å². The molecule has 0 aliphatic heterocycles. The van der Waals surface area contributed by atoms with E-state index in [2.05, 4.69) is 4.98 Å². The van der Waals surface area contributed by atoms with Crippen molar-refractivity contribution < 1.29 is 9.52 Å². The number of aromatic nitrogens is 1. The van der Waals surface area contributed by atoms with E-state index in [1.165, 1.54) is 6.07 Å². The SMILES string of the molecule is Cc1cc(=O)c(-c2ccc(-c3ccc(CO)cc3)nc2)c(C)o1. The summed E-state index contributed by atoms with van der Waals surface area (Å²) in [5.74, 6) is 1.20. The Bertz CT molecular complexity index is 878. The molecule has 0 bridgehead atoms. The van der Waals surface area contributed by atoms with E-state index in [0.717, 1.165) is 22.4 Å². The van der Waals surface area contributed by atoms with Gasteiger partial charge in [0.05, 0.1) is 17.9 Å². The summed E-state index contributed by atoms with van der Waals surface area (Å²) in [7, 11) is 0. The summed E-state index contributed by atoms with van der Waals surface area (Å²) in [5.41, 5.74) is 3.86. The lowest BCUT2D eigenvalue weighted by Crippen LogP contribution is -2.06. The molecule has 0 radical (unpaired) electrons. The van der Waals surface area contributed by atoms with Crippen molar-refractivity contribution in [1.82, 2.24) is 4.98 Å². The van der Waals surface area contributed by atoms with Crippen molar-refractivity contribution in [3.8, 4) is 22.4 Å². The Morgan fingerprint density at radius 3 is 2.30 bits per heavy atom. The van der Waals surface area contributed by atoms with Crippen LogP contribution in [0.2, 0.25) is 0 Å². The van der Waals surface area contributed by atoms with E-state index in [1.54, 1.807) is 20.0 Å². The molecular weight excluding hydrogens is 290 g/mol. The molecule has 0 aliphatic carbocycles. The lowest BCUT2D eigenvalue weighted by atomic mass is 10.0. The Labute approximate surface area is 134 Å². The van der Waals surface area contributed by atoms with E-state index in [9.17, 15) is 4.79 Å². The predicted molar refractivity (Wildman–Crippen MR) is 89.0 cm³/mol. The number of rotatable bonds is 3. The van der Waals surface area contributed by atoms with E-state index < -0.39 is 0 Å². The smallest absolute Gasteiger partial charge is 0.193 e. The van der Waals surface area contributed by atoms with Gasteiger partial charge in [-0.3, -0.25) is 9.78 Å². The molecule has 4 heteroatoms. The van der Waals surface area contributed by atoms with Crippen LogP contribution in [0, 0.1) is 13.8 Å². The van der Waals surface area contributed by atoms with Crippen LogP contribution in [0.5, 0.6) is 0 Å². The fourth-order valence-electron chi connectivity index (χ4n) is 2.59. The first-order chi connectivity index (χ1) is 11.1. The van der Waals surface area contributed by atoms with E-state index in [4.69, 9.17) is 9.52 Å². The molecule has 0 atom stereocenters. The zero-order chi connectivity index (χ0) is 16.4. The van der Waals surface area contributed by atoms with Gasteiger partial charge in [0.15, 0.2) is 5.43 Å². The van der Waals surface area contributed by atoms with Crippen LogP contribution in [-0.2, 0) is 6.61 Å². The number of nitrogens with zero attached hydrogens (tertiary/aromatic N) is 1. The zero-order valence-corrected chi connectivity index (χ0v) is 13.0. The van der Waals surface area contributed by atoms with Crippen LogP contribution in [0.3, 0.4) is 0 Å². The molecule has 0 aliphatic rings. The van der Waals surface area contributed by atoms with Crippen LogP contribution in [-0.4, -0.2) is 10.1 Å². The van der Waals surface area contributed by atoms with Gasteiger partial charge >= 0.3 is 0 Å². The first-order valence-electron chi connectivity index (χ1n) is 7.36. The van der Waals surface area contributed by atoms with E-state index in [0.29, 0.717) is 17.1 Å². The molecule has 1 aromatic carbocycles. The Hall–Kier alpha value is -2.72. The fourth-order valence-corrected chi connectivity index (χ4v) is 2.59. The second kappa shape index (κ2) is 6.18. The molecule has 0 fully saturated rings. The van der Waals surface area contributed by atoms with Gasteiger partial charge in [-0.2, -0.15) is 0 Å². The fraction of sp³-hybridized carbons (Fsp3) is 0.158. The van der Waals surface area contributed by atoms with Gasteiger partial charge in [-0.05, 0) is 25.5 Å². The topological polar surface area (TPSA) is 63.3 Å². The van der Waals surface area contributed by atoms with Gasteiger partial charge in [0.2, 0.25) is 0 Å². The van der Waals surface area contributed by atoms with Gasteiger partial charge in [0.25, 0.3) is 0 Å². The van der Waals surface area contributed by atoms with E-state index >= 15 is 0 Å². The Kier molecular flexibility index (Phi) is 4.08. The summed E-state index contributed by atoms with van der Waals surface area (Å²) < 4.78 is 5.53. The van der Waals surface area contributed by atoms with Crippen molar-refractivity contribution in [2.24, 2.45) is 0 Å². The summed E-state index contributed by atoms with van der Waals surface area (Å²) in [6, 6.07) is 12.8. The van der Waals surface area contributed by atoms with Crippen molar-refractivity contribution in [3.05, 3.63) is 76.0 Å². The first-order valence-corrected chi connectivity index (χ1v) is 7.36. The standard InChI is InChI=1S/C19H17NO3/c1-12-9-18(22)19(13(2)23-12)16-7-8-17(20-10-16)15-5-3-14(11-21)4-6-15/h3-10,21H,11H2,1-2H3. The summed E-state index contributed by atoms with van der Waals surface area (Å²) in [5, 5.41) is 9.08.